The molecule has 0 N–H and O–H groups in total. The van der Waals surface area contributed by atoms with Crippen molar-refractivity contribution < 1.29 is 28.7 Å². The van der Waals surface area contributed by atoms with Gasteiger partial charge in [0.2, 0.25) is 11.8 Å². The number of nitrogens with zero attached hydrogens (tertiary/aromatic N) is 1. The first-order valence-corrected chi connectivity index (χ1v) is 10.3. The predicted octanol–water partition coefficient (Wildman–Crippen LogP) is 1.86. The Balaban J connectivity index is 1.25. The number of carbonyl (C=O) groups excluding carboxylic acids is 4. The van der Waals surface area contributed by atoms with E-state index in [0.29, 0.717) is 23.1 Å². The Morgan fingerprint density at radius 2 is 1.73 bits per heavy atom. The van der Waals surface area contributed by atoms with Crippen LogP contribution in [0.2, 0.25) is 0 Å². The number of carbonyl (C=O) groups is 4. The number of hydrogen-bond donors (Lipinski definition) is 0. The van der Waals surface area contributed by atoms with Crippen molar-refractivity contribution in [3.8, 4) is 5.75 Å². The minimum absolute atomic E-state index is 0.101. The number of rotatable bonds is 6. The van der Waals surface area contributed by atoms with Crippen molar-refractivity contribution in [1.29, 1.82) is 0 Å². The summed E-state index contributed by atoms with van der Waals surface area (Å²) in [5.41, 5.74) is 0.357. The summed E-state index contributed by atoms with van der Waals surface area (Å²) in [6.07, 6.45) is 5.26. The molecule has 1 aliphatic heterocycles. The summed E-state index contributed by atoms with van der Waals surface area (Å²) < 4.78 is 10.3. The van der Waals surface area contributed by atoms with Gasteiger partial charge in [-0.1, -0.05) is 24.3 Å². The van der Waals surface area contributed by atoms with Crippen LogP contribution < -0.4 is 4.74 Å². The van der Waals surface area contributed by atoms with Crippen molar-refractivity contribution in [3.63, 3.8) is 0 Å². The second-order valence-electron chi connectivity index (χ2n) is 8.64. The monoisotopic (exact) mass is 409 g/mol. The van der Waals surface area contributed by atoms with E-state index in [9.17, 15) is 19.2 Å². The van der Waals surface area contributed by atoms with Gasteiger partial charge in [-0.25, -0.2) is 4.79 Å². The molecule has 30 heavy (non-hydrogen) atoms. The van der Waals surface area contributed by atoms with Gasteiger partial charge in [-0.3, -0.25) is 19.3 Å². The zero-order valence-electron chi connectivity index (χ0n) is 16.8. The van der Waals surface area contributed by atoms with Gasteiger partial charge >= 0.3 is 5.97 Å². The van der Waals surface area contributed by atoms with E-state index >= 15 is 0 Å². The number of ether oxygens (including phenoxy) is 2. The maximum atomic E-state index is 13.1. The number of Topliss-reactive ketones (excluding diaryl/α,β-unsaturated/α-hetero) is 1. The van der Waals surface area contributed by atoms with Crippen LogP contribution in [0.15, 0.2) is 36.4 Å². The van der Waals surface area contributed by atoms with Crippen LogP contribution in [0.25, 0.3) is 0 Å². The summed E-state index contributed by atoms with van der Waals surface area (Å²) in [5, 5.41) is 0. The van der Waals surface area contributed by atoms with Crippen LogP contribution in [0, 0.1) is 35.5 Å². The molecule has 1 saturated heterocycles. The lowest BCUT2D eigenvalue weighted by molar-refractivity contribution is -0.157. The lowest BCUT2D eigenvalue weighted by Gasteiger charge is -2.37. The third-order valence-corrected chi connectivity index (χ3v) is 7.16. The molecule has 2 saturated carbocycles. The van der Waals surface area contributed by atoms with E-state index in [1.165, 1.54) is 14.0 Å². The van der Waals surface area contributed by atoms with Crippen LogP contribution >= 0.6 is 0 Å². The van der Waals surface area contributed by atoms with Gasteiger partial charge in [0.15, 0.2) is 12.4 Å². The summed E-state index contributed by atoms with van der Waals surface area (Å²) in [6.45, 7) is 1.03. The number of ketones is 1. The standard InChI is InChI=1S/C23H23NO6/c1-11(23(28)30-10-18(25)12-4-3-5-13(8-12)29-2)24-21(26)19-14-6-7-15(17-9-16(14)17)20(19)22(24)27/h3-8,11,14-17,19-20H,9-10H2,1-2H3. The Bertz CT molecular complexity index is 948. The second-order valence-corrected chi connectivity index (χ2v) is 8.64. The zero-order valence-corrected chi connectivity index (χ0v) is 16.8. The fourth-order valence-electron chi connectivity index (χ4n) is 5.60. The molecule has 1 aromatic rings. The lowest BCUT2D eigenvalue weighted by atomic mass is 9.63. The number of esters is 1. The maximum Gasteiger partial charge on any atom is 0.329 e. The molecule has 5 aliphatic rings. The second kappa shape index (κ2) is 6.79. The SMILES string of the molecule is COc1cccc(C(=O)COC(=O)C(C)N2C(=O)C3C4C=CC(C5CC45)C3C2=O)c1. The Hall–Kier alpha value is -2.96. The van der Waals surface area contributed by atoms with Gasteiger partial charge in [0.25, 0.3) is 0 Å². The summed E-state index contributed by atoms with van der Waals surface area (Å²) in [7, 11) is 1.50. The Morgan fingerprint density at radius 1 is 1.10 bits per heavy atom. The highest BCUT2D eigenvalue weighted by Gasteiger charge is 2.67. The third-order valence-electron chi connectivity index (χ3n) is 7.16. The number of amides is 2. The number of imide groups is 1. The first-order valence-electron chi connectivity index (χ1n) is 10.3. The first kappa shape index (κ1) is 19.0. The van der Waals surface area contributed by atoms with Crippen molar-refractivity contribution in [2.24, 2.45) is 35.5 Å². The molecule has 4 aliphatic carbocycles. The minimum atomic E-state index is -1.05. The van der Waals surface area contributed by atoms with Gasteiger partial charge in [0, 0.05) is 5.56 Å². The van der Waals surface area contributed by atoms with E-state index in [4.69, 9.17) is 9.47 Å². The zero-order chi connectivity index (χ0) is 21.2. The highest BCUT2D eigenvalue weighted by Crippen LogP contribution is 2.65. The van der Waals surface area contributed by atoms with Crippen LogP contribution in [0.1, 0.15) is 23.7 Å². The molecule has 2 amide bonds. The van der Waals surface area contributed by atoms with Crippen LogP contribution in [-0.4, -0.2) is 48.2 Å². The van der Waals surface area contributed by atoms with Crippen LogP contribution in [-0.2, 0) is 19.1 Å². The van der Waals surface area contributed by atoms with Gasteiger partial charge in [-0.15, -0.1) is 0 Å². The van der Waals surface area contributed by atoms with E-state index < -0.39 is 18.6 Å². The molecule has 0 radical (unpaired) electrons. The summed E-state index contributed by atoms with van der Waals surface area (Å²) in [6, 6.07) is 5.50. The number of benzene rings is 1. The topological polar surface area (TPSA) is 90.0 Å². The molecule has 0 spiro atoms. The van der Waals surface area contributed by atoms with Gasteiger partial charge < -0.3 is 9.47 Å². The molecule has 7 atom stereocenters. The first-order chi connectivity index (χ1) is 14.4. The molecule has 7 unspecified atom stereocenters. The lowest BCUT2D eigenvalue weighted by Crippen LogP contribution is -2.45. The maximum absolute atomic E-state index is 13.1. The molecular weight excluding hydrogens is 386 g/mol. The quantitative estimate of drug-likeness (QED) is 0.308. The smallest absolute Gasteiger partial charge is 0.329 e. The van der Waals surface area contributed by atoms with Crippen molar-refractivity contribution in [2.75, 3.05) is 13.7 Å². The molecule has 1 heterocycles. The van der Waals surface area contributed by atoms with Crippen molar-refractivity contribution in [2.45, 2.75) is 19.4 Å². The number of allylic oxidation sites excluding steroid dienone is 2. The van der Waals surface area contributed by atoms with Crippen LogP contribution in [0.3, 0.4) is 0 Å². The fraction of sp³-hybridized carbons (Fsp3) is 0.478. The van der Waals surface area contributed by atoms with E-state index in [1.54, 1.807) is 24.3 Å². The largest absolute Gasteiger partial charge is 0.497 e. The van der Waals surface area contributed by atoms with Gasteiger partial charge in [-0.2, -0.15) is 0 Å². The molecule has 3 fully saturated rings. The highest BCUT2D eigenvalue weighted by atomic mass is 16.5. The molecular formula is C23H23NO6. The Morgan fingerprint density at radius 3 is 2.33 bits per heavy atom. The van der Waals surface area contributed by atoms with Crippen LogP contribution in [0.5, 0.6) is 5.75 Å². The van der Waals surface area contributed by atoms with Gasteiger partial charge in [-0.05, 0) is 49.1 Å². The average Bonchev–Trinajstić information content (AvgIpc) is 3.54. The van der Waals surface area contributed by atoms with E-state index in [1.807, 2.05) is 0 Å². The molecule has 1 aromatic carbocycles. The predicted molar refractivity (Wildman–Crippen MR) is 104 cm³/mol. The average molecular weight is 409 g/mol. The molecule has 2 bridgehead atoms. The molecule has 6 rings (SSSR count). The normalized spacial score (nSPS) is 33.7. The fourth-order valence-corrected chi connectivity index (χ4v) is 5.60. The Labute approximate surface area is 174 Å². The summed E-state index contributed by atoms with van der Waals surface area (Å²) >= 11 is 0. The summed E-state index contributed by atoms with van der Waals surface area (Å²) in [5.74, 6) is -0.680. The number of hydrogen-bond acceptors (Lipinski definition) is 6. The van der Waals surface area contributed by atoms with Crippen molar-refractivity contribution >= 4 is 23.6 Å². The number of likely N-dealkylation sites (tertiary alicyclic amines) is 1. The highest BCUT2D eigenvalue weighted by molar-refractivity contribution is 6.09. The minimum Gasteiger partial charge on any atom is -0.497 e. The van der Waals surface area contributed by atoms with E-state index in [0.717, 1.165) is 11.3 Å². The van der Waals surface area contributed by atoms with Crippen LogP contribution in [0.4, 0.5) is 0 Å². The van der Waals surface area contributed by atoms with Gasteiger partial charge in [0.1, 0.15) is 11.8 Å². The van der Waals surface area contributed by atoms with E-state index in [2.05, 4.69) is 12.2 Å². The summed E-state index contributed by atoms with van der Waals surface area (Å²) in [4.78, 5) is 52.1. The van der Waals surface area contributed by atoms with Crippen molar-refractivity contribution in [1.82, 2.24) is 4.90 Å². The van der Waals surface area contributed by atoms with E-state index in [-0.39, 0.29) is 41.3 Å². The molecule has 7 nitrogen and oxygen atoms in total. The Kier molecular flexibility index (Phi) is 4.31. The molecule has 156 valence electrons. The third kappa shape index (κ3) is 2.71. The van der Waals surface area contributed by atoms with Crippen molar-refractivity contribution in [3.05, 3.63) is 42.0 Å². The molecule has 0 aromatic heterocycles. The number of methoxy groups -OCH3 is 1. The van der Waals surface area contributed by atoms with Gasteiger partial charge in [0.05, 0.1) is 18.9 Å². The molecule has 7 heteroatoms.